The zero-order valence-electron chi connectivity index (χ0n) is 5.22. The van der Waals surface area contributed by atoms with Crippen LogP contribution in [0.4, 0.5) is 5.13 Å². The highest BCUT2D eigenvalue weighted by molar-refractivity contribution is 7.13. The highest BCUT2D eigenvalue weighted by Gasteiger charge is 1.94. The quantitative estimate of drug-likeness (QED) is 0.539. The molecule has 0 aromatic carbocycles. The lowest BCUT2D eigenvalue weighted by atomic mass is 11.1. The third-order valence-electron chi connectivity index (χ3n) is 0.650. The lowest BCUT2D eigenvalue weighted by Gasteiger charge is -2.02. The predicted octanol–water partition coefficient (Wildman–Crippen LogP) is 0.692. The molecule has 60 valence electrons. The summed E-state index contributed by atoms with van der Waals surface area (Å²) in [6.45, 7) is 0. The van der Waals surface area contributed by atoms with Crippen molar-refractivity contribution in [2.45, 2.75) is 0 Å². The summed E-state index contributed by atoms with van der Waals surface area (Å²) in [7, 11) is 1.72. The van der Waals surface area contributed by atoms with Crippen LogP contribution in [0.2, 0.25) is 0 Å². The molecule has 0 unspecified atom stereocenters. The van der Waals surface area contributed by atoms with Crippen molar-refractivity contribution in [2.24, 2.45) is 5.84 Å². The van der Waals surface area contributed by atoms with Gasteiger partial charge >= 0.3 is 0 Å². The third-order valence-corrected chi connectivity index (χ3v) is 1.43. The third kappa shape index (κ3) is 3.17. The van der Waals surface area contributed by atoms with Gasteiger partial charge in [-0.15, -0.1) is 35.0 Å². The van der Waals surface area contributed by atoms with Crippen LogP contribution >= 0.6 is 36.2 Å². The average molecular weight is 203 g/mol. The zero-order chi connectivity index (χ0) is 5.98. The van der Waals surface area contributed by atoms with E-state index in [0.29, 0.717) is 0 Å². The second-order valence-corrected chi connectivity index (χ2v) is 2.14. The summed E-state index contributed by atoms with van der Waals surface area (Å²) in [4.78, 5) is 0. The Morgan fingerprint density at radius 2 is 2.20 bits per heavy atom. The highest BCUT2D eigenvalue weighted by atomic mass is 35.5. The van der Waals surface area contributed by atoms with Crippen LogP contribution in [0.25, 0.3) is 0 Å². The summed E-state index contributed by atoms with van der Waals surface area (Å²) in [5.41, 5.74) is 1.64. The van der Waals surface area contributed by atoms with E-state index in [4.69, 9.17) is 5.84 Å². The molecule has 1 rings (SSSR count). The summed E-state index contributed by atoms with van der Waals surface area (Å²) in [6.07, 6.45) is 0. The van der Waals surface area contributed by atoms with Crippen LogP contribution in [0.5, 0.6) is 0 Å². The fourth-order valence-corrected chi connectivity index (χ4v) is 0.770. The topological polar surface area (TPSA) is 55.0 Å². The maximum absolute atomic E-state index is 5.30. The maximum atomic E-state index is 5.30. The van der Waals surface area contributed by atoms with Crippen molar-refractivity contribution in [3.8, 4) is 0 Å². The number of nitrogens with two attached hydrogens (primary N) is 1. The number of hydrazine groups is 1. The van der Waals surface area contributed by atoms with Crippen molar-refractivity contribution < 1.29 is 0 Å². The van der Waals surface area contributed by atoms with E-state index in [-0.39, 0.29) is 24.8 Å². The van der Waals surface area contributed by atoms with E-state index in [9.17, 15) is 0 Å². The molecule has 0 saturated carbocycles. The zero-order valence-corrected chi connectivity index (χ0v) is 7.67. The van der Waals surface area contributed by atoms with Gasteiger partial charge in [0.05, 0.1) is 0 Å². The van der Waals surface area contributed by atoms with E-state index in [2.05, 4.69) is 10.2 Å². The molecule has 4 nitrogen and oxygen atoms in total. The largest absolute Gasteiger partial charge is 0.288 e. The average Bonchev–Trinajstić information content (AvgIpc) is 2.12. The number of hydrogen-bond donors (Lipinski definition) is 1. The minimum Gasteiger partial charge on any atom is -0.288 e. The first-order chi connectivity index (χ1) is 3.80. The summed E-state index contributed by atoms with van der Waals surface area (Å²) < 4.78 is 0. The van der Waals surface area contributed by atoms with Gasteiger partial charge in [-0.25, -0.2) is 5.84 Å². The molecule has 0 bridgehead atoms. The second kappa shape index (κ2) is 5.67. The molecule has 0 amide bonds. The van der Waals surface area contributed by atoms with Crippen LogP contribution in [0.1, 0.15) is 0 Å². The molecule has 10 heavy (non-hydrogen) atoms. The molecule has 0 atom stereocenters. The minimum absolute atomic E-state index is 0. The van der Waals surface area contributed by atoms with E-state index >= 15 is 0 Å². The normalized spacial score (nSPS) is 7.40. The number of nitrogens with zero attached hydrogens (tertiary/aromatic N) is 3. The van der Waals surface area contributed by atoms with Crippen molar-refractivity contribution in [3.63, 3.8) is 0 Å². The summed E-state index contributed by atoms with van der Waals surface area (Å²) in [5, 5.41) is 9.43. The minimum atomic E-state index is 0. The Hall–Kier alpha value is -0.100. The predicted molar refractivity (Wildman–Crippen MR) is 47.0 cm³/mol. The molecular formula is C3H8Cl2N4S. The molecule has 0 saturated heterocycles. The van der Waals surface area contributed by atoms with Crippen molar-refractivity contribution in [1.82, 2.24) is 10.2 Å². The van der Waals surface area contributed by atoms with Gasteiger partial charge in [0.25, 0.3) is 0 Å². The highest BCUT2D eigenvalue weighted by Crippen LogP contribution is 2.08. The van der Waals surface area contributed by atoms with Crippen molar-refractivity contribution in [3.05, 3.63) is 5.51 Å². The Kier molecular flexibility index (Phi) is 7.12. The van der Waals surface area contributed by atoms with E-state index in [1.165, 1.54) is 16.3 Å². The molecule has 0 radical (unpaired) electrons. The van der Waals surface area contributed by atoms with Gasteiger partial charge in [0.1, 0.15) is 5.51 Å². The Morgan fingerprint density at radius 3 is 2.40 bits per heavy atom. The van der Waals surface area contributed by atoms with Gasteiger partial charge in [0.2, 0.25) is 5.13 Å². The number of hydrogen-bond acceptors (Lipinski definition) is 5. The van der Waals surface area contributed by atoms with Gasteiger partial charge in [-0.2, -0.15) is 0 Å². The van der Waals surface area contributed by atoms with Crippen LogP contribution in [0.15, 0.2) is 5.51 Å². The van der Waals surface area contributed by atoms with Gasteiger partial charge < -0.3 is 0 Å². The molecule has 1 aromatic rings. The van der Waals surface area contributed by atoms with Crippen LogP contribution in [-0.4, -0.2) is 17.2 Å². The van der Waals surface area contributed by atoms with E-state index in [0.717, 1.165) is 5.13 Å². The summed E-state index contributed by atoms with van der Waals surface area (Å²) in [5.74, 6) is 5.30. The first-order valence-corrected chi connectivity index (χ1v) is 2.93. The smallest absolute Gasteiger partial charge is 0.221 e. The van der Waals surface area contributed by atoms with Crippen LogP contribution < -0.4 is 10.9 Å². The number of halogens is 2. The standard InChI is InChI=1S/C3H6N4S.2ClH/c1-7(4)3-6-5-2-8-3;;/h2H,4H2,1H3;2*1H. The molecule has 7 heteroatoms. The number of anilines is 1. The number of rotatable bonds is 1. The van der Waals surface area contributed by atoms with Crippen LogP contribution in [0.3, 0.4) is 0 Å². The molecule has 0 spiro atoms. The lowest BCUT2D eigenvalue weighted by Crippen LogP contribution is -2.24. The Balaban J connectivity index is 0. The van der Waals surface area contributed by atoms with E-state index in [1.54, 1.807) is 12.6 Å². The maximum Gasteiger partial charge on any atom is 0.221 e. The summed E-state index contributed by atoms with van der Waals surface area (Å²) >= 11 is 1.41. The van der Waals surface area contributed by atoms with Gasteiger partial charge in [-0.05, 0) is 0 Å². The van der Waals surface area contributed by atoms with Crippen molar-refractivity contribution in [2.75, 3.05) is 12.1 Å². The monoisotopic (exact) mass is 202 g/mol. The van der Waals surface area contributed by atoms with Gasteiger partial charge in [-0.3, -0.25) is 5.01 Å². The van der Waals surface area contributed by atoms with Gasteiger partial charge in [-0.1, -0.05) is 11.3 Å². The molecule has 0 aliphatic heterocycles. The first kappa shape index (κ1) is 12.6. The van der Waals surface area contributed by atoms with Crippen LogP contribution in [-0.2, 0) is 0 Å². The molecule has 0 aliphatic carbocycles. The molecule has 0 aliphatic rings. The van der Waals surface area contributed by atoms with Crippen molar-refractivity contribution >= 4 is 41.3 Å². The molecule has 1 heterocycles. The Morgan fingerprint density at radius 1 is 1.60 bits per heavy atom. The van der Waals surface area contributed by atoms with Crippen molar-refractivity contribution in [1.29, 1.82) is 0 Å². The number of aromatic nitrogens is 2. The van der Waals surface area contributed by atoms with Gasteiger partial charge in [0.15, 0.2) is 0 Å². The lowest BCUT2D eigenvalue weighted by molar-refractivity contribution is 0.959. The summed E-state index contributed by atoms with van der Waals surface area (Å²) in [6, 6.07) is 0. The molecular weight excluding hydrogens is 195 g/mol. The molecule has 2 N–H and O–H groups in total. The first-order valence-electron chi connectivity index (χ1n) is 2.05. The van der Waals surface area contributed by atoms with E-state index in [1.807, 2.05) is 0 Å². The van der Waals surface area contributed by atoms with Gasteiger partial charge in [0, 0.05) is 7.05 Å². The Bertz CT molecular complexity index is 154. The van der Waals surface area contributed by atoms with Crippen LogP contribution in [0, 0.1) is 0 Å². The SMILES string of the molecule is CN(N)c1nncs1.Cl.Cl. The molecule has 1 aromatic heterocycles. The fourth-order valence-electron chi connectivity index (χ4n) is 0.321. The van der Waals surface area contributed by atoms with E-state index < -0.39 is 0 Å². The Labute approximate surface area is 75.2 Å². The fraction of sp³-hybridized carbons (Fsp3) is 0.333. The molecule has 0 fully saturated rings. The second-order valence-electron chi connectivity index (χ2n) is 1.33.